The van der Waals surface area contributed by atoms with Crippen LogP contribution in [0, 0.1) is 11.6 Å². The molecule has 6 heteroatoms. The van der Waals surface area contributed by atoms with E-state index >= 15 is 0 Å². The topological polar surface area (TPSA) is 38.9 Å². The molecular formula is C13H10Br2F2N2. The summed E-state index contributed by atoms with van der Waals surface area (Å²) in [5.74, 6) is -1.21. The second-order valence-corrected chi connectivity index (χ2v) is 5.88. The maximum Gasteiger partial charge on any atom is 0.126 e. The SMILES string of the molecule is NC(Cc1cc(F)cc(F)c1)c1ncc(Br)cc1Br. The number of pyridine rings is 1. The highest BCUT2D eigenvalue weighted by atomic mass is 79.9. The fourth-order valence-corrected chi connectivity index (χ4v) is 3.06. The molecule has 1 atom stereocenters. The van der Waals surface area contributed by atoms with Crippen LogP contribution in [0.15, 0.2) is 39.4 Å². The van der Waals surface area contributed by atoms with Gasteiger partial charge in [0.25, 0.3) is 0 Å². The monoisotopic (exact) mass is 390 g/mol. The van der Waals surface area contributed by atoms with Crippen molar-refractivity contribution in [2.45, 2.75) is 12.5 Å². The summed E-state index contributed by atoms with van der Waals surface area (Å²) in [5.41, 5.74) is 7.17. The van der Waals surface area contributed by atoms with Crippen LogP contribution in [0.4, 0.5) is 8.78 Å². The Morgan fingerprint density at radius 1 is 1.11 bits per heavy atom. The molecule has 0 fully saturated rings. The van der Waals surface area contributed by atoms with E-state index in [1.54, 1.807) is 6.20 Å². The smallest absolute Gasteiger partial charge is 0.126 e. The van der Waals surface area contributed by atoms with Crippen molar-refractivity contribution in [3.63, 3.8) is 0 Å². The number of nitrogens with zero attached hydrogens (tertiary/aromatic N) is 1. The average Bonchev–Trinajstić information content (AvgIpc) is 2.26. The zero-order chi connectivity index (χ0) is 14.0. The number of benzene rings is 1. The first-order valence-electron chi connectivity index (χ1n) is 5.47. The van der Waals surface area contributed by atoms with E-state index in [0.717, 1.165) is 15.0 Å². The highest BCUT2D eigenvalue weighted by Crippen LogP contribution is 2.25. The predicted molar refractivity (Wildman–Crippen MR) is 76.6 cm³/mol. The Balaban J connectivity index is 2.22. The van der Waals surface area contributed by atoms with Gasteiger partial charge in [-0.15, -0.1) is 0 Å². The van der Waals surface area contributed by atoms with Crippen molar-refractivity contribution in [2.24, 2.45) is 5.73 Å². The van der Waals surface area contributed by atoms with Crippen LogP contribution in [0.5, 0.6) is 0 Å². The maximum atomic E-state index is 13.1. The van der Waals surface area contributed by atoms with Crippen LogP contribution in [0.25, 0.3) is 0 Å². The molecule has 19 heavy (non-hydrogen) atoms. The lowest BCUT2D eigenvalue weighted by atomic mass is 10.0. The molecule has 2 aromatic rings. The fraction of sp³-hybridized carbons (Fsp3) is 0.154. The molecule has 0 saturated carbocycles. The van der Waals surface area contributed by atoms with Crippen LogP contribution < -0.4 is 5.73 Å². The van der Waals surface area contributed by atoms with E-state index < -0.39 is 17.7 Å². The highest BCUT2D eigenvalue weighted by molar-refractivity contribution is 9.11. The van der Waals surface area contributed by atoms with Gasteiger partial charge >= 0.3 is 0 Å². The summed E-state index contributed by atoms with van der Waals surface area (Å²) >= 11 is 6.67. The van der Waals surface area contributed by atoms with Crippen molar-refractivity contribution < 1.29 is 8.78 Å². The van der Waals surface area contributed by atoms with Gasteiger partial charge in [-0.05, 0) is 62.0 Å². The normalized spacial score (nSPS) is 12.5. The standard InChI is InChI=1S/C13H10Br2F2N2/c14-8-4-11(15)13(19-6-8)12(18)3-7-1-9(16)5-10(17)2-7/h1-2,4-6,12H,3,18H2. The van der Waals surface area contributed by atoms with E-state index in [-0.39, 0.29) is 0 Å². The Labute approximate surface area is 126 Å². The molecule has 100 valence electrons. The molecule has 1 unspecified atom stereocenters. The lowest BCUT2D eigenvalue weighted by Gasteiger charge is -2.13. The zero-order valence-corrected chi connectivity index (χ0v) is 12.9. The van der Waals surface area contributed by atoms with Gasteiger partial charge in [-0.2, -0.15) is 0 Å². The molecule has 2 N–H and O–H groups in total. The van der Waals surface area contributed by atoms with Crippen LogP contribution in [-0.4, -0.2) is 4.98 Å². The van der Waals surface area contributed by atoms with Crippen LogP contribution in [0.3, 0.4) is 0 Å². The maximum absolute atomic E-state index is 13.1. The van der Waals surface area contributed by atoms with Gasteiger partial charge in [-0.25, -0.2) is 8.78 Å². The van der Waals surface area contributed by atoms with E-state index in [0.29, 0.717) is 17.7 Å². The second-order valence-electron chi connectivity index (χ2n) is 4.11. The Bertz CT molecular complexity index is 585. The molecule has 0 saturated heterocycles. The lowest BCUT2D eigenvalue weighted by molar-refractivity contribution is 0.575. The largest absolute Gasteiger partial charge is 0.322 e. The predicted octanol–water partition coefficient (Wildman–Crippen LogP) is 4.13. The number of hydrogen-bond acceptors (Lipinski definition) is 2. The van der Waals surface area contributed by atoms with Gasteiger partial charge in [-0.1, -0.05) is 0 Å². The van der Waals surface area contributed by atoms with E-state index in [9.17, 15) is 8.78 Å². The van der Waals surface area contributed by atoms with Crippen molar-refractivity contribution >= 4 is 31.9 Å². The van der Waals surface area contributed by atoms with E-state index in [4.69, 9.17) is 5.73 Å². The third-order valence-corrected chi connectivity index (χ3v) is 3.63. The summed E-state index contributed by atoms with van der Waals surface area (Å²) in [5, 5.41) is 0. The Morgan fingerprint density at radius 3 is 2.32 bits per heavy atom. The number of halogens is 4. The molecule has 0 aliphatic rings. The van der Waals surface area contributed by atoms with Crippen LogP contribution in [0.2, 0.25) is 0 Å². The van der Waals surface area contributed by atoms with Crippen LogP contribution in [-0.2, 0) is 6.42 Å². The number of hydrogen-bond donors (Lipinski definition) is 1. The highest BCUT2D eigenvalue weighted by Gasteiger charge is 2.13. The van der Waals surface area contributed by atoms with Gasteiger partial charge in [-0.3, -0.25) is 4.98 Å². The summed E-state index contributed by atoms with van der Waals surface area (Å²) in [6, 6.07) is 4.77. The van der Waals surface area contributed by atoms with Gasteiger partial charge in [0.05, 0.1) is 11.7 Å². The first kappa shape index (κ1) is 14.6. The third kappa shape index (κ3) is 3.81. The fourth-order valence-electron chi connectivity index (χ4n) is 1.78. The number of rotatable bonds is 3. The minimum Gasteiger partial charge on any atom is -0.322 e. The summed E-state index contributed by atoms with van der Waals surface area (Å²) in [6.45, 7) is 0. The van der Waals surface area contributed by atoms with Gasteiger partial charge in [0, 0.05) is 21.2 Å². The van der Waals surface area contributed by atoms with Gasteiger partial charge in [0.15, 0.2) is 0 Å². The molecule has 2 rings (SSSR count). The molecular weight excluding hydrogens is 382 g/mol. The first-order chi connectivity index (χ1) is 8.95. The molecule has 0 aliphatic carbocycles. The third-order valence-electron chi connectivity index (χ3n) is 2.57. The quantitative estimate of drug-likeness (QED) is 0.854. The van der Waals surface area contributed by atoms with E-state index in [2.05, 4.69) is 36.8 Å². The van der Waals surface area contributed by atoms with Gasteiger partial charge < -0.3 is 5.73 Å². The Morgan fingerprint density at radius 2 is 1.74 bits per heavy atom. The van der Waals surface area contributed by atoms with Crippen molar-refractivity contribution in [3.8, 4) is 0 Å². The van der Waals surface area contributed by atoms with Crippen molar-refractivity contribution in [2.75, 3.05) is 0 Å². The van der Waals surface area contributed by atoms with E-state index in [1.807, 2.05) is 6.07 Å². The molecule has 2 nitrogen and oxygen atoms in total. The summed E-state index contributed by atoms with van der Waals surface area (Å²) in [6.07, 6.45) is 1.94. The summed E-state index contributed by atoms with van der Waals surface area (Å²) in [4.78, 5) is 4.21. The molecule has 0 radical (unpaired) electrons. The summed E-state index contributed by atoms with van der Waals surface area (Å²) in [7, 11) is 0. The molecule has 0 spiro atoms. The van der Waals surface area contributed by atoms with Crippen molar-refractivity contribution in [3.05, 3.63) is 62.3 Å². The second kappa shape index (κ2) is 6.07. The summed E-state index contributed by atoms with van der Waals surface area (Å²) < 4.78 is 27.8. The molecule has 0 aliphatic heterocycles. The van der Waals surface area contributed by atoms with Crippen molar-refractivity contribution in [1.82, 2.24) is 4.98 Å². The number of nitrogens with two attached hydrogens (primary N) is 1. The molecule has 1 aromatic heterocycles. The van der Waals surface area contributed by atoms with Gasteiger partial charge in [0.1, 0.15) is 11.6 Å². The van der Waals surface area contributed by atoms with E-state index in [1.165, 1.54) is 12.1 Å². The number of aromatic nitrogens is 1. The zero-order valence-electron chi connectivity index (χ0n) is 9.71. The Kier molecular flexibility index (Phi) is 4.65. The van der Waals surface area contributed by atoms with Gasteiger partial charge in [0.2, 0.25) is 0 Å². The minimum absolute atomic E-state index is 0.307. The van der Waals surface area contributed by atoms with Crippen LogP contribution >= 0.6 is 31.9 Å². The molecule has 0 bridgehead atoms. The molecule has 1 heterocycles. The Hall–Kier alpha value is -0.850. The average molecular weight is 392 g/mol. The minimum atomic E-state index is -0.606. The van der Waals surface area contributed by atoms with Crippen LogP contribution in [0.1, 0.15) is 17.3 Å². The molecule has 1 aromatic carbocycles. The lowest BCUT2D eigenvalue weighted by Crippen LogP contribution is -2.15. The molecule has 0 amide bonds. The van der Waals surface area contributed by atoms with Crippen molar-refractivity contribution in [1.29, 1.82) is 0 Å². The first-order valence-corrected chi connectivity index (χ1v) is 7.06.